The maximum absolute atomic E-state index is 12.2. The molecule has 160 valence electrons. The van der Waals surface area contributed by atoms with Gasteiger partial charge in [-0.05, 0) is 67.3 Å². The fraction of sp³-hybridized carbons (Fsp3) is 0.348. The van der Waals surface area contributed by atoms with Gasteiger partial charge >= 0.3 is 5.97 Å². The predicted octanol–water partition coefficient (Wildman–Crippen LogP) is 4.03. The number of rotatable bonds is 8. The Kier molecular flexibility index (Phi) is 7.98. The molecular weight excluding hydrogens is 384 g/mol. The molecule has 0 saturated heterocycles. The summed E-state index contributed by atoms with van der Waals surface area (Å²) in [5, 5.41) is 5.29. The van der Waals surface area contributed by atoms with Gasteiger partial charge in [-0.15, -0.1) is 0 Å². The minimum Gasteiger partial charge on any atom is -0.482 e. The molecule has 7 heteroatoms. The van der Waals surface area contributed by atoms with Crippen LogP contribution in [-0.2, 0) is 19.1 Å². The second-order valence-electron chi connectivity index (χ2n) is 7.34. The van der Waals surface area contributed by atoms with Crippen molar-refractivity contribution < 1.29 is 23.9 Å². The maximum atomic E-state index is 12.2. The van der Waals surface area contributed by atoms with Gasteiger partial charge in [0.25, 0.3) is 5.91 Å². The Bertz CT molecular complexity index is 906. The molecule has 0 saturated carbocycles. The van der Waals surface area contributed by atoms with E-state index in [-0.39, 0.29) is 12.5 Å². The molecule has 2 rings (SSSR count). The van der Waals surface area contributed by atoms with E-state index in [1.807, 2.05) is 25.1 Å². The Morgan fingerprint density at radius 3 is 2.07 bits per heavy atom. The lowest BCUT2D eigenvalue weighted by Crippen LogP contribution is -2.31. The first kappa shape index (κ1) is 22.9. The Labute approximate surface area is 176 Å². The molecule has 2 amide bonds. The number of esters is 1. The van der Waals surface area contributed by atoms with Crippen molar-refractivity contribution in [3.05, 3.63) is 53.6 Å². The number of aryl methyl sites for hydroxylation is 1. The van der Waals surface area contributed by atoms with Crippen molar-refractivity contribution in [1.82, 2.24) is 0 Å². The Balaban J connectivity index is 1.82. The number of carbonyl (C=O) groups is 3. The fourth-order valence-electron chi connectivity index (χ4n) is 2.90. The largest absolute Gasteiger partial charge is 0.482 e. The van der Waals surface area contributed by atoms with Gasteiger partial charge in [-0.1, -0.05) is 19.9 Å². The van der Waals surface area contributed by atoms with E-state index >= 15 is 0 Å². The lowest BCUT2D eigenvalue weighted by atomic mass is 9.98. The van der Waals surface area contributed by atoms with Crippen LogP contribution >= 0.6 is 0 Å². The number of ether oxygens (including phenoxy) is 2. The summed E-state index contributed by atoms with van der Waals surface area (Å²) in [6.45, 7) is 8.84. The average molecular weight is 412 g/mol. The molecule has 0 aliphatic carbocycles. The molecule has 0 heterocycles. The van der Waals surface area contributed by atoms with Crippen LogP contribution < -0.4 is 15.4 Å². The zero-order chi connectivity index (χ0) is 22.3. The number of benzene rings is 2. The minimum atomic E-state index is -0.985. The van der Waals surface area contributed by atoms with E-state index in [0.29, 0.717) is 23.0 Å². The van der Waals surface area contributed by atoms with Gasteiger partial charge in [-0.2, -0.15) is 0 Å². The van der Waals surface area contributed by atoms with Crippen LogP contribution in [0.2, 0.25) is 0 Å². The first-order valence-corrected chi connectivity index (χ1v) is 9.77. The van der Waals surface area contributed by atoms with Crippen LogP contribution in [0.3, 0.4) is 0 Å². The van der Waals surface area contributed by atoms with Crippen molar-refractivity contribution in [2.24, 2.45) is 0 Å². The van der Waals surface area contributed by atoms with Crippen LogP contribution in [0.4, 0.5) is 11.4 Å². The van der Waals surface area contributed by atoms with Gasteiger partial charge < -0.3 is 20.1 Å². The lowest BCUT2D eigenvalue weighted by Gasteiger charge is -2.15. The zero-order valence-electron chi connectivity index (χ0n) is 17.9. The van der Waals surface area contributed by atoms with Gasteiger partial charge in [0.2, 0.25) is 5.91 Å². The fourth-order valence-corrected chi connectivity index (χ4v) is 2.90. The molecule has 0 radical (unpaired) electrons. The summed E-state index contributed by atoms with van der Waals surface area (Å²) in [7, 11) is 0. The molecule has 0 aliphatic heterocycles. The minimum absolute atomic E-state index is 0.180. The Hall–Kier alpha value is -3.35. The molecule has 1 atom stereocenters. The van der Waals surface area contributed by atoms with E-state index < -0.39 is 18.0 Å². The van der Waals surface area contributed by atoms with E-state index in [1.165, 1.54) is 19.4 Å². The van der Waals surface area contributed by atoms with E-state index in [1.54, 1.807) is 24.3 Å². The smallest absolute Gasteiger partial charge is 0.344 e. The third-order valence-electron chi connectivity index (χ3n) is 4.37. The lowest BCUT2D eigenvalue weighted by molar-refractivity contribution is -0.155. The molecule has 1 unspecified atom stereocenters. The zero-order valence-corrected chi connectivity index (χ0v) is 17.9. The van der Waals surface area contributed by atoms with Crippen LogP contribution in [0, 0.1) is 6.92 Å². The molecule has 7 nitrogen and oxygen atoms in total. The van der Waals surface area contributed by atoms with Crippen molar-refractivity contribution in [1.29, 1.82) is 0 Å². The Morgan fingerprint density at radius 1 is 0.933 bits per heavy atom. The molecule has 0 aliphatic rings. The highest BCUT2D eigenvalue weighted by Gasteiger charge is 2.18. The van der Waals surface area contributed by atoms with E-state index in [4.69, 9.17) is 9.47 Å². The van der Waals surface area contributed by atoms with Crippen LogP contribution in [0.1, 0.15) is 44.7 Å². The molecular formula is C23H28N2O5. The average Bonchev–Trinajstić information content (AvgIpc) is 2.67. The Morgan fingerprint density at radius 2 is 1.53 bits per heavy atom. The van der Waals surface area contributed by atoms with E-state index in [0.717, 1.165) is 5.56 Å². The van der Waals surface area contributed by atoms with Gasteiger partial charge in [0.05, 0.1) is 0 Å². The summed E-state index contributed by atoms with van der Waals surface area (Å²) in [4.78, 5) is 35.3. The quantitative estimate of drug-likeness (QED) is 0.639. The van der Waals surface area contributed by atoms with Gasteiger partial charge in [0.1, 0.15) is 5.75 Å². The van der Waals surface area contributed by atoms with Crippen molar-refractivity contribution in [3.63, 3.8) is 0 Å². The molecule has 0 bridgehead atoms. The predicted molar refractivity (Wildman–Crippen MR) is 116 cm³/mol. The maximum Gasteiger partial charge on any atom is 0.344 e. The molecule has 0 aromatic heterocycles. The second kappa shape index (κ2) is 10.4. The van der Waals surface area contributed by atoms with Gasteiger partial charge in [-0.3, -0.25) is 9.59 Å². The van der Waals surface area contributed by atoms with Gasteiger partial charge in [0, 0.05) is 18.3 Å². The van der Waals surface area contributed by atoms with E-state index in [2.05, 4.69) is 24.5 Å². The number of nitrogens with one attached hydrogen (secondary N) is 2. The standard InChI is InChI=1S/C23H28N2O5/c1-14(2)21-11-10-20(12-15(21)3)29-13-22(27)30-16(4)23(28)25-19-8-6-18(7-9-19)24-17(5)26/h6-12,14,16H,13H2,1-5H3,(H,24,26)(H,25,28). The van der Waals surface area contributed by atoms with Gasteiger partial charge in [0.15, 0.2) is 12.7 Å². The summed E-state index contributed by atoms with van der Waals surface area (Å²) in [6.07, 6.45) is -0.985. The number of carbonyl (C=O) groups excluding carboxylic acids is 3. The third-order valence-corrected chi connectivity index (χ3v) is 4.37. The normalized spacial score (nSPS) is 11.5. The highest BCUT2D eigenvalue weighted by atomic mass is 16.6. The van der Waals surface area contributed by atoms with Crippen LogP contribution in [-0.4, -0.2) is 30.5 Å². The number of hydrogen-bond acceptors (Lipinski definition) is 5. The summed E-state index contributed by atoms with van der Waals surface area (Å²) < 4.78 is 10.6. The highest BCUT2D eigenvalue weighted by molar-refractivity contribution is 5.95. The van der Waals surface area contributed by atoms with Crippen LogP contribution in [0.15, 0.2) is 42.5 Å². The van der Waals surface area contributed by atoms with Crippen molar-refractivity contribution in [3.8, 4) is 5.75 Å². The topological polar surface area (TPSA) is 93.7 Å². The van der Waals surface area contributed by atoms with Gasteiger partial charge in [-0.25, -0.2) is 4.79 Å². The number of anilines is 2. The summed E-state index contributed by atoms with van der Waals surface area (Å²) >= 11 is 0. The monoisotopic (exact) mass is 412 g/mol. The first-order chi connectivity index (χ1) is 14.2. The first-order valence-electron chi connectivity index (χ1n) is 9.77. The van der Waals surface area contributed by atoms with Crippen molar-refractivity contribution in [2.45, 2.75) is 46.6 Å². The number of amides is 2. The van der Waals surface area contributed by atoms with E-state index in [9.17, 15) is 14.4 Å². The highest BCUT2D eigenvalue weighted by Crippen LogP contribution is 2.23. The molecule has 2 aromatic rings. The summed E-state index contributed by atoms with van der Waals surface area (Å²) in [5.74, 6) is -0.298. The SMILES string of the molecule is CC(=O)Nc1ccc(NC(=O)C(C)OC(=O)COc2ccc(C(C)C)c(C)c2)cc1. The molecule has 0 fully saturated rings. The van der Waals surface area contributed by atoms with Crippen molar-refractivity contribution in [2.75, 3.05) is 17.2 Å². The summed E-state index contributed by atoms with van der Waals surface area (Å²) in [5.41, 5.74) is 3.45. The number of hydrogen-bond donors (Lipinski definition) is 2. The van der Waals surface area contributed by atoms with Crippen LogP contribution in [0.5, 0.6) is 5.75 Å². The van der Waals surface area contributed by atoms with Crippen molar-refractivity contribution >= 4 is 29.2 Å². The molecule has 0 spiro atoms. The molecule has 2 aromatic carbocycles. The second-order valence-corrected chi connectivity index (χ2v) is 7.34. The molecule has 30 heavy (non-hydrogen) atoms. The molecule has 2 N–H and O–H groups in total. The third kappa shape index (κ3) is 6.92. The van der Waals surface area contributed by atoms with Crippen LogP contribution in [0.25, 0.3) is 0 Å². The summed E-state index contributed by atoms with van der Waals surface area (Å²) in [6, 6.07) is 12.3.